The molecule has 0 saturated heterocycles. The fraction of sp³-hybridized carbons (Fsp3) is 0.200. The van der Waals surface area contributed by atoms with E-state index in [1.807, 2.05) is 24.3 Å². The van der Waals surface area contributed by atoms with E-state index in [1.54, 1.807) is 12.1 Å². The first-order chi connectivity index (χ1) is 9.86. The summed E-state index contributed by atoms with van der Waals surface area (Å²) >= 11 is 0. The van der Waals surface area contributed by atoms with Gasteiger partial charge in [-0.15, -0.1) is 0 Å². The molecule has 0 N–H and O–H groups in total. The molecule has 110 valence electrons. The number of rotatable bonds is 4. The molecule has 0 radical (unpaired) electrons. The highest BCUT2D eigenvalue weighted by Gasteiger charge is 2.08. The Balaban J connectivity index is 2.14. The van der Waals surface area contributed by atoms with Crippen molar-refractivity contribution in [1.29, 1.82) is 0 Å². The van der Waals surface area contributed by atoms with E-state index in [9.17, 15) is 8.42 Å². The van der Waals surface area contributed by atoms with Crippen LogP contribution in [-0.2, 0) is 9.05 Å². The Morgan fingerprint density at radius 1 is 0.857 bits per heavy atom. The van der Waals surface area contributed by atoms with Gasteiger partial charge in [0.05, 0.1) is 16.3 Å². The van der Waals surface area contributed by atoms with E-state index in [1.165, 1.54) is 17.7 Å². The third-order valence-corrected chi connectivity index (χ3v) is 4.33. The molecule has 0 heterocycles. The van der Waals surface area contributed by atoms with Gasteiger partial charge in [0, 0.05) is 10.7 Å². The second kappa shape index (κ2) is 6.37. The van der Waals surface area contributed by atoms with Crippen molar-refractivity contribution in [2.24, 2.45) is 10.2 Å². The average Bonchev–Trinajstić information content (AvgIpc) is 2.45. The monoisotopic (exact) mass is 322 g/mol. The lowest BCUT2D eigenvalue weighted by Gasteiger charge is -2.03. The highest BCUT2D eigenvalue weighted by Crippen LogP contribution is 2.23. The molecule has 0 aliphatic rings. The maximum Gasteiger partial charge on any atom is 0.261 e. The highest BCUT2D eigenvalue weighted by atomic mass is 35.7. The summed E-state index contributed by atoms with van der Waals surface area (Å²) in [4.78, 5) is 0.0457. The fourth-order valence-corrected chi connectivity index (χ4v) is 2.49. The molecule has 0 aliphatic heterocycles. The zero-order chi connectivity index (χ0) is 15.5. The van der Waals surface area contributed by atoms with Gasteiger partial charge >= 0.3 is 0 Å². The van der Waals surface area contributed by atoms with Crippen LogP contribution < -0.4 is 0 Å². The van der Waals surface area contributed by atoms with Crippen molar-refractivity contribution in [3.05, 3.63) is 54.1 Å². The Hall–Kier alpha value is -1.72. The summed E-state index contributed by atoms with van der Waals surface area (Å²) in [6.45, 7) is 4.26. The van der Waals surface area contributed by atoms with Gasteiger partial charge in [-0.25, -0.2) is 8.42 Å². The van der Waals surface area contributed by atoms with Crippen LogP contribution in [0.25, 0.3) is 0 Å². The van der Waals surface area contributed by atoms with Gasteiger partial charge < -0.3 is 0 Å². The first-order valence-corrected chi connectivity index (χ1v) is 8.73. The predicted octanol–water partition coefficient (Wildman–Crippen LogP) is 5.15. The quantitative estimate of drug-likeness (QED) is 0.577. The van der Waals surface area contributed by atoms with E-state index < -0.39 is 9.05 Å². The predicted molar refractivity (Wildman–Crippen MR) is 84.2 cm³/mol. The minimum absolute atomic E-state index is 0.0457. The number of nitrogens with zero attached hydrogens (tertiary/aromatic N) is 2. The molecule has 0 amide bonds. The molecule has 4 nitrogen and oxygen atoms in total. The topological polar surface area (TPSA) is 58.9 Å². The van der Waals surface area contributed by atoms with E-state index >= 15 is 0 Å². The van der Waals surface area contributed by atoms with Gasteiger partial charge in [0.1, 0.15) is 0 Å². The molecule has 2 rings (SSSR count). The Kier molecular flexibility index (Phi) is 4.75. The second-order valence-electron chi connectivity index (χ2n) is 4.88. The van der Waals surface area contributed by atoms with Crippen LogP contribution in [0.15, 0.2) is 63.7 Å². The van der Waals surface area contributed by atoms with E-state index in [4.69, 9.17) is 10.7 Å². The summed E-state index contributed by atoms with van der Waals surface area (Å²) in [7, 11) is 1.54. The maximum absolute atomic E-state index is 11.1. The Morgan fingerprint density at radius 2 is 1.29 bits per heavy atom. The van der Waals surface area contributed by atoms with E-state index in [0.29, 0.717) is 11.6 Å². The molecular formula is C15H15ClN2O2S. The van der Waals surface area contributed by atoms with Crippen LogP contribution in [0.5, 0.6) is 0 Å². The number of azo groups is 1. The first-order valence-electron chi connectivity index (χ1n) is 6.43. The van der Waals surface area contributed by atoms with Crippen molar-refractivity contribution < 1.29 is 8.42 Å². The summed E-state index contributed by atoms with van der Waals surface area (Å²) in [5.41, 5.74) is 2.55. The zero-order valence-electron chi connectivity index (χ0n) is 11.7. The molecule has 0 unspecified atom stereocenters. The lowest BCUT2D eigenvalue weighted by molar-refractivity contribution is 0.609. The molecule has 0 saturated carbocycles. The molecule has 0 bridgehead atoms. The molecule has 0 aromatic heterocycles. The van der Waals surface area contributed by atoms with Gasteiger partial charge in [-0.2, -0.15) is 10.2 Å². The molecule has 2 aromatic rings. The fourth-order valence-electron chi connectivity index (χ4n) is 1.72. The zero-order valence-corrected chi connectivity index (χ0v) is 13.3. The highest BCUT2D eigenvalue weighted by molar-refractivity contribution is 8.13. The van der Waals surface area contributed by atoms with Gasteiger partial charge in [0.2, 0.25) is 0 Å². The average molecular weight is 323 g/mol. The van der Waals surface area contributed by atoms with Crippen LogP contribution in [-0.4, -0.2) is 8.42 Å². The molecule has 2 aromatic carbocycles. The van der Waals surface area contributed by atoms with Gasteiger partial charge in [-0.3, -0.25) is 0 Å². The van der Waals surface area contributed by atoms with Crippen molar-refractivity contribution in [1.82, 2.24) is 0 Å². The number of benzene rings is 2. The standard InChI is InChI=1S/C15H15ClN2O2S/c1-11(2)12-3-5-13(6-4-12)17-18-14-7-9-15(10-8-14)21(16,19)20/h3-11H,1-2H3. The van der Waals surface area contributed by atoms with Crippen LogP contribution in [0.1, 0.15) is 25.3 Å². The molecule has 0 fully saturated rings. The molecule has 6 heteroatoms. The molecule has 0 spiro atoms. The lowest BCUT2D eigenvalue weighted by Crippen LogP contribution is -1.88. The van der Waals surface area contributed by atoms with Crippen molar-refractivity contribution in [3.63, 3.8) is 0 Å². The van der Waals surface area contributed by atoms with Gasteiger partial charge in [0.15, 0.2) is 0 Å². The summed E-state index contributed by atoms with van der Waals surface area (Å²) in [6.07, 6.45) is 0. The minimum Gasteiger partial charge on any atom is -0.207 e. The van der Waals surface area contributed by atoms with Crippen LogP contribution in [0.4, 0.5) is 11.4 Å². The van der Waals surface area contributed by atoms with E-state index in [0.717, 1.165) is 5.69 Å². The molecule has 0 aliphatic carbocycles. The number of hydrogen-bond donors (Lipinski definition) is 0. The number of hydrogen-bond acceptors (Lipinski definition) is 4. The van der Waals surface area contributed by atoms with Crippen molar-refractivity contribution >= 4 is 31.1 Å². The molecule has 21 heavy (non-hydrogen) atoms. The van der Waals surface area contributed by atoms with Crippen LogP contribution >= 0.6 is 10.7 Å². The normalized spacial score (nSPS) is 12.2. The van der Waals surface area contributed by atoms with Crippen LogP contribution in [0, 0.1) is 0 Å². The van der Waals surface area contributed by atoms with Crippen molar-refractivity contribution in [3.8, 4) is 0 Å². The third-order valence-electron chi connectivity index (χ3n) is 2.96. The Labute approximate surface area is 128 Å². The lowest BCUT2D eigenvalue weighted by atomic mass is 10.0. The number of halogens is 1. The smallest absolute Gasteiger partial charge is 0.207 e. The van der Waals surface area contributed by atoms with E-state index in [-0.39, 0.29) is 4.90 Å². The largest absolute Gasteiger partial charge is 0.261 e. The van der Waals surface area contributed by atoms with Gasteiger partial charge in [-0.05, 0) is 47.9 Å². The van der Waals surface area contributed by atoms with Crippen LogP contribution in [0.3, 0.4) is 0 Å². The van der Waals surface area contributed by atoms with Crippen molar-refractivity contribution in [2.75, 3.05) is 0 Å². The summed E-state index contributed by atoms with van der Waals surface area (Å²) in [6, 6.07) is 13.7. The van der Waals surface area contributed by atoms with Crippen molar-refractivity contribution in [2.45, 2.75) is 24.7 Å². The first kappa shape index (κ1) is 15.7. The minimum atomic E-state index is -3.70. The Bertz CT molecular complexity index is 736. The SMILES string of the molecule is CC(C)c1ccc(N=Nc2ccc(S(=O)(=O)Cl)cc2)cc1. The molecular weight excluding hydrogens is 308 g/mol. The summed E-state index contributed by atoms with van der Waals surface area (Å²) in [5.74, 6) is 0.473. The molecule has 0 atom stereocenters. The van der Waals surface area contributed by atoms with E-state index in [2.05, 4.69) is 24.1 Å². The maximum atomic E-state index is 11.1. The van der Waals surface area contributed by atoms with Crippen LogP contribution in [0.2, 0.25) is 0 Å². The summed E-state index contributed by atoms with van der Waals surface area (Å²) in [5, 5.41) is 8.17. The van der Waals surface area contributed by atoms with Gasteiger partial charge in [0.25, 0.3) is 9.05 Å². The Morgan fingerprint density at radius 3 is 1.67 bits per heavy atom. The summed E-state index contributed by atoms with van der Waals surface area (Å²) < 4.78 is 22.2. The van der Waals surface area contributed by atoms with Gasteiger partial charge in [-0.1, -0.05) is 26.0 Å². The second-order valence-corrected chi connectivity index (χ2v) is 7.44. The third kappa shape index (κ3) is 4.37.